The average molecular weight is 585 g/mol. The van der Waals surface area contributed by atoms with E-state index >= 15 is 0 Å². The van der Waals surface area contributed by atoms with Gasteiger partial charge in [-0.1, -0.05) is 116 Å². The summed E-state index contributed by atoms with van der Waals surface area (Å²) in [5.74, 6) is 1.79. The number of rotatable bonds is 0. The van der Waals surface area contributed by atoms with Crippen molar-refractivity contribution in [2.75, 3.05) is 13.2 Å². The molecule has 4 bridgehead atoms. The van der Waals surface area contributed by atoms with Crippen LogP contribution in [0, 0.1) is 23.7 Å². The molecule has 0 aromatic heterocycles. The maximum atomic E-state index is 7.92. The third-order valence-electron chi connectivity index (χ3n) is 13.3. The van der Waals surface area contributed by atoms with Gasteiger partial charge in [-0.2, -0.15) is 0 Å². The number of hydrogen-bond acceptors (Lipinski definition) is 4. The molecule has 7 atom stereocenters. The lowest BCUT2D eigenvalue weighted by atomic mass is 9.61. The lowest BCUT2D eigenvalue weighted by Gasteiger charge is -2.67. The van der Waals surface area contributed by atoms with Gasteiger partial charge in [0.15, 0.2) is 11.6 Å². The Kier molecular flexibility index (Phi) is 9.65. The van der Waals surface area contributed by atoms with Gasteiger partial charge in [0.1, 0.15) is 11.2 Å². The summed E-state index contributed by atoms with van der Waals surface area (Å²) in [7, 11) is 0. The van der Waals surface area contributed by atoms with Crippen molar-refractivity contribution in [3.8, 4) is 0 Å². The molecule has 0 aromatic carbocycles. The zero-order chi connectivity index (χ0) is 28.4. The minimum atomic E-state index is -0.573. The van der Waals surface area contributed by atoms with Gasteiger partial charge in [0, 0.05) is 12.8 Å². The molecule has 7 fully saturated rings. The Labute approximate surface area is 258 Å². The third kappa shape index (κ3) is 6.03. The average Bonchev–Trinajstić information content (AvgIpc) is 3.65. The van der Waals surface area contributed by atoms with Crippen LogP contribution in [0.5, 0.6) is 0 Å². The maximum absolute atomic E-state index is 7.92. The molecule has 4 aliphatic carbocycles. The fourth-order valence-electron chi connectivity index (χ4n) is 11.6. The fourth-order valence-corrected chi connectivity index (χ4v) is 11.6. The maximum Gasteiger partial charge on any atom is 0.198 e. The van der Waals surface area contributed by atoms with Crippen LogP contribution in [-0.4, -0.2) is 36.0 Å². The molecule has 4 heteroatoms. The van der Waals surface area contributed by atoms with Crippen LogP contribution >= 0.6 is 0 Å². The van der Waals surface area contributed by atoms with Crippen molar-refractivity contribution in [1.29, 1.82) is 0 Å². The molecule has 240 valence electrons. The second kappa shape index (κ2) is 13.3. The standard InChI is InChI=1S/C38H64O4/c1-3-7-11-17-31-25-32(18-12-8-4-1)28-35(27-31)37(21-15-23-39-37)42-36(38(41-35)22-16-24-40-38)29-33-19-13-9-5-2-6-10-14-20-34(26-33)30-36/h31-34H,1-30H2/t31-,32-,33-,34+,36?,37+,38+/m0/s1. The van der Waals surface area contributed by atoms with Gasteiger partial charge >= 0.3 is 0 Å². The summed E-state index contributed by atoms with van der Waals surface area (Å²) in [5, 5.41) is 0. The van der Waals surface area contributed by atoms with Crippen molar-refractivity contribution in [1.82, 2.24) is 0 Å². The molecule has 4 saturated carbocycles. The van der Waals surface area contributed by atoms with E-state index < -0.39 is 11.6 Å². The SMILES string of the molecule is C1CCCC[C@@H]2C[C@H](CCCC1)CC1(C2)O[C@]2(CCCO2)C2(C[C@H]3CCCCCCCCC[C@@H](C3)C2)O[C@]12CCCO2. The van der Waals surface area contributed by atoms with Crippen LogP contribution in [-0.2, 0) is 18.9 Å². The van der Waals surface area contributed by atoms with E-state index in [2.05, 4.69) is 0 Å². The van der Waals surface area contributed by atoms with Gasteiger partial charge in [-0.05, 0) is 75.0 Å². The normalized spacial score (nSPS) is 48.0. The van der Waals surface area contributed by atoms with Crippen molar-refractivity contribution in [3.05, 3.63) is 0 Å². The van der Waals surface area contributed by atoms with Crippen LogP contribution in [0.2, 0.25) is 0 Å². The lowest BCUT2D eigenvalue weighted by molar-refractivity contribution is -0.500. The van der Waals surface area contributed by atoms with E-state index in [9.17, 15) is 0 Å². The van der Waals surface area contributed by atoms with Crippen molar-refractivity contribution in [2.45, 2.75) is 203 Å². The van der Waals surface area contributed by atoms with Gasteiger partial charge in [-0.3, -0.25) is 0 Å². The zero-order valence-electron chi connectivity index (χ0n) is 27.2. The first kappa shape index (κ1) is 30.5. The van der Waals surface area contributed by atoms with E-state index in [0.29, 0.717) is 0 Å². The van der Waals surface area contributed by atoms with Crippen molar-refractivity contribution in [2.24, 2.45) is 23.7 Å². The Hall–Kier alpha value is -0.160. The summed E-state index contributed by atoms with van der Waals surface area (Å²) in [4.78, 5) is 0. The van der Waals surface area contributed by atoms with E-state index in [1.54, 1.807) is 0 Å². The molecule has 0 radical (unpaired) electrons. The molecule has 1 unspecified atom stereocenters. The summed E-state index contributed by atoms with van der Waals surface area (Å²) in [6, 6.07) is 0. The minimum Gasteiger partial charge on any atom is -0.347 e. The summed E-state index contributed by atoms with van der Waals surface area (Å²) < 4.78 is 29.8. The molecular formula is C38H64O4. The molecule has 0 N–H and O–H groups in total. The van der Waals surface area contributed by atoms with Crippen LogP contribution in [0.25, 0.3) is 0 Å². The predicted octanol–water partition coefficient (Wildman–Crippen LogP) is 10.4. The highest BCUT2D eigenvalue weighted by molar-refractivity contribution is 5.16. The van der Waals surface area contributed by atoms with Gasteiger partial charge < -0.3 is 18.9 Å². The molecule has 7 rings (SSSR count). The van der Waals surface area contributed by atoms with Gasteiger partial charge in [0.05, 0.1) is 13.2 Å². The molecule has 42 heavy (non-hydrogen) atoms. The first-order valence-corrected chi connectivity index (χ1v) is 19.3. The topological polar surface area (TPSA) is 36.9 Å². The Morgan fingerprint density at radius 2 is 0.667 bits per heavy atom. The Morgan fingerprint density at radius 1 is 0.357 bits per heavy atom. The van der Waals surface area contributed by atoms with Crippen LogP contribution < -0.4 is 0 Å². The summed E-state index contributed by atoms with van der Waals surface area (Å²) in [6.45, 7) is 1.66. The summed E-state index contributed by atoms with van der Waals surface area (Å²) >= 11 is 0. The molecule has 0 amide bonds. The van der Waals surface area contributed by atoms with E-state index in [4.69, 9.17) is 18.9 Å². The molecular weight excluding hydrogens is 520 g/mol. The highest BCUT2D eigenvalue weighted by Crippen LogP contribution is 2.65. The monoisotopic (exact) mass is 584 g/mol. The minimum absolute atomic E-state index is 0.347. The zero-order valence-corrected chi connectivity index (χ0v) is 27.2. The van der Waals surface area contributed by atoms with Crippen LogP contribution in [0.1, 0.15) is 180 Å². The number of fused-ring (bicyclic) bond motifs is 6. The van der Waals surface area contributed by atoms with Gasteiger partial charge in [0.2, 0.25) is 0 Å². The predicted molar refractivity (Wildman–Crippen MR) is 168 cm³/mol. The molecule has 3 saturated heterocycles. The highest BCUT2D eigenvalue weighted by Gasteiger charge is 2.74. The van der Waals surface area contributed by atoms with Crippen LogP contribution in [0.3, 0.4) is 0 Å². The Morgan fingerprint density at radius 3 is 0.952 bits per heavy atom. The molecule has 3 heterocycles. The largest absolute Gasteiger partial charge is 0.347 e. The van der Waals surface area contributed by atoms with Gasteiger partial charge in [0.25, 0.3) is 0 Å². The first-order chi connectivity index (χ1) is 20.6. The van der Waals surface area contributed by atoms with Crippen molar-refractivity contribution < 1.29 is 18.9 Å². The highest BCUT2D eigenvalue weighted by atomic mass is 16.8. The quantitative estimate of drug-likeness (QED) is 0.284. The van der Waals surface area contributed by atoms with Crippen molar-refractivity contribution in [3.63, 3.8) is 0 Å². The second-order valence-electron chi connectivity index (χ2n) is 16.5. The summed E-state index contributed by atoms with van der Waals surface area (Å²) in [5.41, 5.74) is -0.694. The third-order valence-corrected chi connectivity index (χ3v) is 13.3. The smallest absolute Gasteiger partial charge is 0.198 e. The van der Waals surface area contributed by atoms with E-state index in [1.165, 1.54) is 128 Å². The van der Waals surface area contributed by atoms with Gasteiger partial charge in [-0.15, -0.1) is 0 Å². The molecule has 7 aliphatic rings. The Balaban J connectivity index is 1.22. The molecule has 4 nitrogen and oxygen atoms in total. The second-order valence-corrected chi connectivity index (χ2v) is 16.5. The van der Waals surface area contributed by atoms with Gasteiger partial charge in [-0.25, -0.2) is 0 Å². The number of hydrogen-bond donors (Lipinski definition) is 0. The van der Waals surface area contributed by atoms with Crippen molar-refractivity contribution >= 4 is 0 Å². The summed E-state index contributed by atoms with van der Waals surface area (Å²) in [6.07, 6.45) is 36.7. The van der Waals surface area contributed by atoms with Crippen LogP contribution in [0.4, 0.5) is 0 Å². The Bertz CT molecular complexity index is 751. The van der Waals surface area contributed by atoms with E-state index in [0.717, 1.165) is 88.3 Å². The van der Waals surface area contributed by atoms with E-state index in [1.807, 2.05) is 0 Å². The molecule has 0 aromatic rings. The first-order valence-electron chi connectivity index (χ1n) is 19.3. The fraction of sp³-hybridized carbons (Fsp3) is 1.00. The number of ether oxygens (including phenoxy) is 4. The molecule has 4 spiro atoms. The van der Waals surface area contributed by atoms with Crippen LogP contribution in [0.15, 0.2) is 0 Å². The lowest BCUT2D eigenvalue weighted by Crippen LogP contribution is -2.77. The van der Waals surface area contributed by atoms with E-state index in [-0.39, 0.29) is 11.2 Å². The molecule has 3 aliphatic heterocycles.